The van der Waals surface area contributed by atoms with Crippen molar-refractivity contribution in [3.8, 4) is 5.75 Å². The Labute approximate surface area is 117 Å². The van der Waals surface area contributed by atoms with E-state index in [1.807, 2.05) is 19.1 Å². The maximum Gasteiger partial charge on any atom is 0.529 e. The summed E-state index contributed by atoms with van der Waals surface area (Å²) < 4.78 is 30.8. The second-order valence-corrected chi connectivity index (χ2v) is 5.70. The lowest BCUT2D eigenvalue weighted by atomic mass is 10.2. The molecule has 0 radical (unpaired) electrons. The molecule has 0 N–H and O–H groups in total. The Morgan fingerprint density at radius 1 is 1.15 bits per heavy atom. The van der Waals surface area contributed by atoms with Crippen molar-refractivity contribution in [2.75, 3.05) is 14.2 Å². The lowest BCUT2D eigenvalue weighted by Crippen LogP contribution is -2.05. The van der Waals surface area contributed by atoms with Gasteiger partial charge in [0, 0.05) is 14.2 Å². The summed E-state index contributed by atoms with van der Waals surface area (Å²) in [7, 11) is -1.29. The number of hydrogen-bond donors (Lipinski definition) is 0. The van der Waals surface area contributed by atoms with E-state index in [1.54, 1.807) is 12.1 Å². The summed E-state index contributed by atoms with van der Waals surface area (Å²) in [5, 5.41) is 0. The molecule has 0 saturated carbocycles. The third-order valence-corrected chi connectivity index (χ3v) is 3.67. The fraction of sp³-hybridized carbons (Fsp3) is 0.308. The molecule has 1 aromatic rings. The largest absolute Gasteiger partial charge is 0.529 e. The number of ether oxygens (including phenoxy) is 1. The summed E-state index contributed by atoms with van der Waals surface area (Å²) in [6.07, 6.45) is 1.06. The standard InChI is InChI=1S/C13H17O6P/c1-10-5-7-12(8-6-10)18-13(14)9-11(2)19-20(15,16-3)17-4/h5-9H,1-4H3. The van der Waals surface area contributed by atoms with Gasteiger partial charge in [0.05, 0.1) is 6.08 Å². The van der Waals surface area contributed by atoms with Gasteiger partial charge in [-0.25, -0.2) is 9.36 Å². The Kier molecular flexibility index (Phi) is 5.95. The summed E-state index contributed by atoms with van der Waals surface area (Å²) >= 11 is 0. The molecule has 1 aromatic carbocycles. The van der Waals surface area contributed by atoms with E-state index in [0.717, 1.165) is 11.6 Å². The van der Waals surface area contributed by atoms with Gasteiger partial charge in [-0.2, -0.15) is 0 Å². The van der Waals surface area contributed by atoms with Crippen LogP contribution >= 0.6 is 7.82 Å². The molecule has 110 valence electrons. The minimum atomic E-state index is -3.66. The summed E-state index contributed by atoms with van der Waals surface area (Å²) in [5.41, 5.74) is 1.06. The third kappa shape index (κ3) is 5.17. The number of aryl methyl sites for hydroxylation is 1. The van der Waals surface area contributed by atoms with Crippen LogP contribution in [0.5, 0.6) is 5.75 Å². The fourth-order valence-corrected chi connectivity index (χ4v) is 1.97. The van der Waals surface area contributed by atoms with Crippen LogP contribution in [-0.2, 0) is 22.9 Å². The van der Waals surface area contributed by atoms with Crippen molar-refractivity contribution in [2.24, 2.45) is 0 Å². The molecule has 0 bridgehead atoms. The first kappa shape index (κ1) is 16.4. The number of benzene rings is 1. The summed E-state index contributed by atoms with van der Waals surface area (Å²) in [6, 6.07) is 6.98. The van der Waals surface area contributed by atoms with Gasteiger partial charge >= 0.3 is 13.8 Å². The molecule has 0 amide bonds. The maximum absolute atomic E-state index is 11.7. The minimum absolute atomic E-state index is 0.0640. The van der Waals surface area contributed by atoms with Crippen LogP contribution in [0.1, 0.15) is 12.5 Å². The van der Waals surface area contributed by atoms with Crippen molar-refractivity contribution in [1.82, 2.24) is 0 Å². The van der Waals surface area contributed by atoms with Crippen molar-refractivity contribution < 1.29 is 27.7 Å². The highest BCUT2D eigenvalue weighted by Crippen LogP contribution is 2.49. The lowest BCUT2D eigenvalue weighted by Gasteiger charge is -2.14. The zero-order valence-corrected chi connectivity index (χ0v) is 12.7. The molecule has 0 heterocycles. The Morgan fingerprint density at radius 2 is 1.70 bits per heavy atom. The van der Waals surface area contributed by atoms with Crippen molar-refractivity contribution in [1.29, 1.82) is 0 Å². The van der Waals surface area contributed by atoms with Crippen molar-refractivity contribution in [2.45, 2.75) is 13.8 Å². The van der Waals surface area contributed by atoms with E-state index in [1.165, 1.54) is 21.1 Å². The molecule has 1 rings (SSSR count). The van der Waals surface area contributed by atoms with Crippen LogP contribution in [0.3, 0.4) is 0 Å². The molecule has 7 heteroatoms. The van der Waals surface area contributed by atoms with Crippen molar-refractivity contribution in [3.05, 3.63) is 41.7 Å². The minimum Gasteiger partial charge on any atom is -0.423 e. The van der Waals surface area contributed by atoms with E-state index >= 15 is 0 Å². The SMILES string of the molecule is COP(=O)(OC)OC(C)=CC(=O)Oc1ccc(C)cc1. The van der Waals surface area contributed by atoms with Gasteiger partial charge in [-0.15, -0.1) is 0 Å². The molecule has 0 saturated heterocycles. The Morgan fingerprint density at radius 3 is 2.20 bits per heavy atom. The first-order chi connectivity index (χ1) is 9.38. The Balaban J connectivity index is 2.66. The first-order valence-corrected chi connectivity index (χ1v) is 7.22. The number of phosphoric ester groups is 1. The van der Waals surface area contributed by atoms with Crippen LogP contribution in [0.15, 0.2) is 36.1 Å². The van der Waals surface area contributed by atoms with Gasteiger partial charge in [0.1, 0.15) is 11.5 Å². The van der Waals surface area contributed by atoms with Gasteiger partial charge < -0.3 is 9.26 Å². The van der Waals surface area contributed by atoms with Crippen LogP contribution in [0.4, 0.5) is 0 Å². The average Bonchev–Trinajstić information content (AvgIpc) is 2.41. The number of rotatable bonds is 6. The van der Waals surface area contributed by atoms with E-state index in [0.29, 0.717) is 5.75 Å². The smallest absolute Gasteiger partial charge is 0.423 e. The molecule has 0 atom stereocenters. The van der Waals surface area contributed by atoms with Crippen LogP contribution in [0, 0.1) is 6.92 Å². The van der Waals surface area contributed by atoms with Gasteiger partial charge in [0.2, 0.25) is 0 Å². The topological polar surface area (TPSA) is 71.1 Å². The van der Waals surface area contributed by atoms with E-state index < -0.39 is 13.8 Å². The molecule has 0 spiro atoms. The van der Waals surface area contributed by atoms with E-state index in [4.69, 9.17) is 9.26 Å². The quantitative estimate of drug-likeness (QED) is 0.264. The highest BCUT2D eigenvalue weighted by atomic mass is 31.2. The molecule has 0 aliphatic carbocycles. The average molecular weight is 300 g/mol. The maximum atomic E-state index is 11.7. The number of carbonyl (C=O) groups is 1. The molecule has 0 unspecified atom stereocenters. The summed E-state index contributed by atoms with van der Waals surface area (Å²) in [4.78, 5) is 11.6. The molecular weight excluding hydrogens is 283 g/mol. The number of carbonyl (C=O) groups excluding carboxylic acids is 1. The number of phosphoric acid groups is 1. The van der Waals surface area contributed by atoms with Gasteiger partial charge in [-0.3, -0.25) is 9.05 Å². The molecule has 20 heavy (non-hydrogen) atoms. The van der Waals surface area contributed by atoms with Crippen molar-refractivity contribution in [3.63, 3.8) is 0 Å². The fourth-order valence-electron chi connectivity index (χ4n) is 1.27. The lowest BCUT2D eigenvalue weighted by molar-refractivity contribution is -0.129. The molecule has 0 aromatic heterocycles. The normalized spacial score (nSPS) is 12.1. The molecule has 0 aliphatic heterocycles. The molecule has 6 nitrogen and oxygen atoms in total. The van der Waals surface area contributed by atoms with Crippen LogP contribution < -0.4 is 4.74 Å². The Bertz CT molecular complexity index is 526. The zero-order chi connectivity index (χ0) is 15.2. The highest BCUT2D eigenvalue weighted by Gasteiger charge is 2.24. The number of esters is 1. The van der Waals surface area contributed by atoms with Gasteiger partial charge in [-0.1, -0.05) is 17.7 Å². The van der Waals surface area contributed by atoms with E-state index in [-0.39, 0.29) is 5.76 Å². The van der Waals surface area contributed by atoms with Crippen LogP contribution in [0.25, 0.3) is 0 Å². The molecule has 0 fully saturated rings. The van der Waals surface area contributed by atoms with Crippen LogP contribution in [0.2, 0.25) is 0 Å². The van der Waals surface area contributed by atoms with Gasteiger partial charge in [-0.05, 0) is 26.0 Å². The molecule has 0 aliphatic rings. The summed E-state index contributed by atoms with van der Waals surface area (Å²) in [6.45, 7) is 3.37. The number of allylic oxidation sites excluding steroid dienone is 1. The zero-order valence-electron chi connectivity index (χ0n) is 11.8. The van der Waals surface area contributed by atoms with Gasteiger partial charge in [0.15, 0.2) is 0 Å². The second-order valence-electron chi connectivity index (χ2n) is 3.89. The number of hydrogen-bond acceptors (Lipinski definition) is 6. The van der Waals surface area contributed by atoms with Crippen molar-refractivity contribution >= 4 is 13.8 Å². The predicted octanol–water partition coefficient (Wildman–Crippen LogP) is 3.22. The van der Waals surface area contributed by atoms with Gasteiger partial charge in [0.25, 0.3) is 0 Å². The van der Waals surface area contributed by atoms with E-state index in [9.17, 15) is 9.36 Å². The molecular formula is C13H17O6P. The summed E-state index contributed by atoms with van der Waals surface area (Å²) in [5.74, 6) is -0.175. The highest BCUT2D eigenvalue weighted by molar-refractivity contribution is 7.48. The third-order valence-electron chi connectivity index (χ3n) is 2.26. The predicted molar refractivity (Wildman–Crippen MR) is 73.3 cm³/mol. The monoisotopic (exact) mass is 300 g/mol. The first-order valence-electron chi connectivity index (χ1n) is 5.76. The second kappa shape index (κ2) is 7.24. The Hall–Kier alpha value is -1.62. The van der Waals surface area contributed by atoms with Crippen LogP contribution in [-0.4, -0.2) is 20.2 Å². The van der Waals surface area contributed by atoms with E-state index in [2.05, 4.69) is 9.05 Å².